The molecule has 1 aliphatic carbocycles. The highest BCUT2D eigenvalue weighted by atomic mass is 16.6. The van der Waals surface area contributed by atoms with Crippen molar-refractivity contribution >= 4 is 17.5 Å². The molecule has 0 amide bonds. The molecule has 25 heavy (non-hydrogen) atoms. The molecule has 134 valence electrons. The highest BCUT2D eigenvalue weighted by Gasteiger charge is 2.42. The van der Waals surface area contributed by atoms with E-state index in [1.54, 1.807) is 26.0 Å². The zero-order valence-electron chi connectivity index (χ0n) is 14.8. The molecule has 1 aromatic carbocycles. The Balaban J connectivity index is 2.14. The zero-order chi connectivity index (χ0) is 18.4. The standard InChI is InChI=1S/C20H24O5/c1-4-24-15(3)14(2)18(21)25-20(19(22)23)12-10-17(11-13-20)16-8-6-5-7-9-16/h5-12,14-15H,4,13H2,1-3H3,(H,22,23)/t14-,15+,20?/m1/s1. The summed E-state index contributed by atoms with van der Waals surface area (Å²) in [6.07, 6.45) is 4.67. The maximum atomic E-state index is 12.4. The van der Waals surface area contributed by atoms with Gasteiger partial charge in [0.15, 0.2) is 0 Å². The number of carboxylic acids is 1. The van der Waals surface area contributed by atoms with Crippen molar-refractivity contribution in [3.05, 3.63) is 54.1 Å². The van der Waals surface area contributed by atoms with Crippen LogP contribution < -0.4 is 0 Å². The Labute approximate surface area is 147 Å². The molecule has 1 unspecified atom stereocenters. The summed E-state index contributed by atoms with van der Waals surface area (Å²) in [4.78, 5) is 24.2. The van der Waals surface area contributed by atoms with E-state index in [0.717, 1.165) is 11.1 Å². The van der Waals surface area contributed by atoms with E-state index in [2.05, 4.69) is 0 Å². The van der Waals surface area contributed by atoms with Crippen molar-refractivity contribution in [1.82, 2.24) is 0 Å². The Hall–Kier alpha value is -2.40. The van der Waals surface area contributed by atoms with E-state index in [1.807, 2.05) is 37.3 Å². The number of rotatable bonds is 7. The Morgan fingerprint density at radius 1 is 1.24 bits per heavy atom. The fourth-order valence-corrected chi connectivity index (χ4v) is 2.62. The van der Waals surface area contributed by atoms with Crippen LogP contribution in [0.3, 0.4) is 0 Å². The van der Waals surface area contributed by atoms with Crippen molar-refractivity contribution in [3.63, 3.8) is 0 Å². The van der Waals surface area contributed by atoms with Gasteiger partial charge in [0.2, 0.25) is 5.60 Å². The number of esters is 1. The lowest BCUT2D eigenvalue weighted by molar-refractivity contribution is -0.178. The van der Waals surface area contributed by atoms with Gasteiger partial charge in [0.05, 0.1) is 12.0 Å². The van der Waals surface area contributed by atoms with Gasteiger partial charge in [-0.05, 0) is 38.0 Å². The lowest BCUT2D eigenvalue weighted by Crippen LogP contribution is -2.44. The lowest BCUT2D eigenvalue weighted by Gasteiger charge is -2.30. The number of carbonyl (C=O) groups excluding carboxylic acids is 1. The second kappa shape index (κ2) is 8.12. The summed E-state index contributed by atoms with van der Waals surface area (Å²) in [5, 5.41) is 9.63. The molecule has 3 atom stereocenters. The third-order valence-electron chi connectivity index (χ3n) is 4.41. The summed E-state index contributed by atoms with van der Waals surface area (Å²) >= 11 is 0. The van der Waals surface area contributed by atoms with Crippen LogP contribution in [0, 0.1) is 5.92 Å². The van der Waals surface area contributed by atoms with Crippen LogP contribution in [-0.4, -0.2) is 35.4 Å². The monoisotopic (exact) mass is 344 g/mol. The summed E-state index contributed by atoms with van der Waals surface area (Å²) < 4.78 is 10.8. The van der Waals surface area contributed by atoms with Crippen molar-refractivity contribution in [1.29, 1.82) is 0 Å². The average molecular weight is 344 g/mol. The molecule has 0 radical (unpaired) electrons. The Morgan fingerprint density at radius 2 is 1.92 bits per heavy atom. The fourth-order valence-electron chi connectivity index (χ4n) is 2.62. The molecular formula is C20H24O5. The number of hydrogen-bond donors (Lipinski definition) is 1. The predicted octanol–water partition coefficient (Wildman–Crippen LogP) is 3.46. The molecule has 0 heterocycles. The molecule has 2 rings (SSSR count). The minimum absolute atomic E-state index is 0.0878. The van der Waals surface area contributed by atoms with Gasteiger partial charge in [0.25, 0.3) is 0 Å². The molecule has 5 nitrogen and oxygen atoms in total. The van der Waals surface area contributed by atoms with E-state index in [4.69, 9.17) is 9.47 Å². The first kappa shape index (κ1) is 18.9. The van der Waals surface area contributed by atoms with Gasteiger partial charge >= 0.3 is 11.9 Å². The van der Waals surface area contributed by atoms with Crippen LogP contribution in [-0.2, 0) is 19.1 Å². The highest BCUT2D eigenvalue weighted by molar-refractivity contribution is 5.88. The molecule has 0 saturated carbocycles. The maximum absolute atomic E-state index is 12.4. The largest absolute Gasteiger partial charge is 0.478 e. The van der Waals surface area contributed by atoms with E-state index in [9.17, 15) is 14.7 Å². The molecule has 0 bridgehead atoms. The summed E-state index contributed by atoms with van der Waals surface area (Å²) in [7, 11) is 0. The van der Waals surface area contributed by atoms with Crippen molar-refractivity contribution < 1.29 is 24.2 Å². The van der Waals surface area contributed by atoms with Crippen LogP contribution in [0.15, 0.2) is 48.6 Å². The van der Waals surface area contributed by atoms with Crippen LogP contribution >= 0.6 is 0 Å². The van der Waals surface area contributed by atoms with Gasteiger partial charge in [-0.1, -0.05) is 42.5 Å². The van der Waals surface area contributed by atoms with Crippen LogP contribution in [0.4, 0.5) is 0 Å². The van der Waals surface area contributed by atoms with Gasteiger partial charge in [0.1, 0.15) is 0 Å². The van der Waals surface area contributed by atoms with Gasteiger partial charge in [-0.2, -0.15) is 0 Å². The van der Waals surface area contributed by atoms with Gasteiger partial charge in [0, 0.05) is 13.0 Å². The summed E-state index contributed by atoms with van der Waals surface area (Å²) in [6.45, 7) is 5.77. The van der Waals surface area contributed by atoms with Gasteiger partial charge in [-0.3, -0.25) is 4.79 Å². The first-order valence-corrected chi connectivity index (χ1v) is 8.42. The Bertz CT molecular complexity index is 677. The van der Waals surface area contributed by atoms with Crippen molar-refractivity contribution in [2.24, 2.45) is 5.92 Å². The minimum Gasteiger partial charge on any atom is -0.478 e. The van der Waals surface area contributed by atoms with Crippen LogP contribution in [0.1, 0.15) is 32.8 Å². The molecule has 1 N–H and O–H groups in total. The number of carbonyl (C=O) groups is 2. The van der Waals surface area contributed by atoms with Crippen LogP contribution in [0.25, 0.3) is 5.57 Å². The molecule has 0 fully saturated rings. The van der Waals surface area contributed by atoms with Gasteiger partial charge < -0.3 is 14.6 Å². The predicted molar refractivity (Wildman–Crippen MR) is 94.9 cm³/mol. The topological polar surface area (TPSA) is 72.8 Å². The molecule has 5 heteroatoms. The second-order valence-corrected chi connectivity index (χ2v) is 6.13. The zero-order valence-corrected chi connectivity index (χ0v) is 14.8. The molecular weight excluding hydrogens is 320 g/mol. The third kappa shape index (κ3) is 4.37. The van der Waals surface area contributed by atoms with Gasteiger partial charge in [-0.15, -0.1) is 0 Å². The van der Waals surface area contributed by atoms with Crippen LogP contribution in [0.2, 0.25) is 0 Å². The number of carboxylic acid groups (broad SMARTS) is 1. The number of benzene rings is 1. The van der Waals surface area contributed by atoms with E-state index >= 15 is 0 Å². The lowest BCUT2D eigenvalue weighted by atomic mass is 9.89. The van der Waals surface area contributed by atoms with E-state index in [-0.39, 0.29) is 12.5 Å². The first-order valence-electron chi connectivity index (χ1n) is 8.42. The SMILES string of the molecule is CCO[C@@H](C)[C@@H](C)C(=O)OC1(C(=O)O)C=CC(c2ccccc2)=CC1. The smallest absolute Gasteiger partial charge is 0.352 e. The van der Waals surface area contributed by atoms with Crippen molar-refractivity contribution in [3.8, 4) is 0 Å². The number of hydrogen-bond acceptors (Lipinski definition) is 4. The quantitative estimate of drug-likeness (QED) is 0.767. The molecule has 0 spiro atoms. The summed E-state index contributed by atoms with van der Waals surface area (Å²) in [5.41, 5.74) is 0.224. The molecule has 0 saturated heterocycles. The molecule has 0 aromatic heterocycles. The molecule has 0 aliphatic heterocycles. The molecule has 1 aromatic rings. The van der Waals surface area contributed by atoms with E-state index in [1.165, 1.54) is 6.08 Å². The molecule has 1 aliphatic rings. The van der Waals surface area contributed by atoms with E-state index in [0.29, 0.717) is 6.61 Å². The summed E-state index contributed by atoms with van der Waals surface area (Å²) in [6, 6.07) is 9.64. The minimum atomic E-state index is -1.67. The van der Waals surface area contributed by atoms with Gasteiger partial charge in [-0.25, -0.2) is 4.79 Å². The normalized spacial score (nSPS) is 22.0. The van der Waals surface area contributed by atoms with Crippen LogP contribution in [0.5, 0.6) is 0 Å². The number of allylic oxidation sites excluding steroid dienone is 2. The second-order valence-electron chi connectivity index (χ2n) is 6.13. The average Bonchev–Trinajstić information content (AvgIpc) is 2.62. The number of aliphatic carboxylic acids is 1. The maximum Gasteiger partial charge on any atom is 0.352 e. The Kier molecular flexibility index (Phi) is 6.15. The third-order valence-corrected chi connectivity index (χ3v) is 4.41. The summed E-state index contributed by atoms with van der Waals surface area (Å²) in [5.74, 6) is -2.31. The highest BCUT2D eigenvalue weighted by Crippen LogP contribution is 2.31. The Morgan fingerprint density at radius 3 is 2.44 bits per heavy atom. The first-order chi connectivity index (χ1) is 11.9. The fraction of sp³-hybridized carbons (Fsp3) is 0.400. The number of ether oxygens (including phenoxy) is 2. The van der Waals surface area contributed by atoms with Crippen molar-refractivity contribution in [2.45, 2.75) is 38.9 Å². The van der Waals surface area contributed by atoms with Crippen molar-refractivity contribution in [2.75, 3.05) is 6.61 Å². The van der Waals surface area contributed by atoms with E-state index < -0.39 is 23.5 Å².